The zero-order valence-corrected chi connectivity index (χ0v) is 12.2. The van der Waals surface area contributed by atoms with Crippen LogP contribution in [0.1, 0.15) is 16.0 Å². The molecule has 1 aliphatic rings. The topological polar surface area (TPSA) is 3.24 Å². The van der Waals surface area contributed by atoms with Gasteiger partial charge in [-0.25, -0.2) is 4.39 Å². The number of benzene rings is 1. The fourth-order valence-electron chi connectivity index (χ4n) is 2.43. The number of hydrogen-bond acceptors (Lipinski definition) is 2. The Labute approximate surface area is 118 Å². The van der Waals surface area contributed by atoms with Crippen molar-refractivity contribution in [3.05, 3.63) is 51.5 Å². The van der Waals surface area contributed by atoms with E-state index in [4.69, 9.17) is 0 Å². The first-order chi connectivity index (χ1) is 8.79. The molecule has 3 rings (SSSR count). The Bertz CT molecular complexity index is 567. The van der Waals surface area contributed by atoms with Crippen LogP contribution in [-0.4, -0.2) is 6.54 Å². The summed E-state index contributed by atoms with van der Waals surface area (Å²) in [5.74, 6) is -0.125. The maximum atomic E-state index is 13.8. The van der Waals surface area contributed by atoms with Crippen molar-refractivity contribution in [2.45, 2.75) is 18.3 Å². The van der Waals surface area contributed by atoms with Crippen LogP contribution in [0.3, 0.4) is 0 Å². The maximum Gasteiger partial charge on any atom is 0.129 e. The lowest BCUT2D eigenvalue weighted by Crippen LogP contribution is -2.30. The quantitative estimate of drug-likeness (QED) is 0.742. The first-order valence-electron chi connectivity index (χ1n) is 5.93. The summed E-state index contributed by atoms with van der Waals surface area (Å²) < 4.78 is 13.8. The Hall–Kier alpha value is -0.870. The van der Waals surface area contributed by atoms with Crippen molar-refractivity contribution < 1.29 is 4.39 Å². The van der Waals surface area contributed by atoms with E-state index in [1.807, 2.05) is 17.4 Å². The number of halogens is 2. The van der Waals surface area contributed by atoms with Crippen molar-refractivity contribution in [3.8, 4) is 0 Å². The van der Waals surface area contributed by atoms with Gasteiger partial charge in [0, 0.05) is 34.5 Å². The number of fused-ring (bicyclic) bond motifs is 1. The van der Waals surface area contributed by atoms with Gasteiger partial charge >= 0.3 is 0 Å². The summed E-state index contributed by atoms with van der Waals surface area (Å²) in [6, 6.07) is 7.51. The lowest BCUT2D eigenvalue weighted by atomic mass is 10.1. The fraction of sp³-hybridized carbons (Fsp3) is 0.286. The molecule has 1 aliphatic heterocycles. The van der Waals surface area contributed by atoms with Gasteiger partial charge in [0.1, 0.15) is 5.82 Å². The molecule has 0 spiro atoms. The zero-order valence-electron chi connectivity index (χ0n) is 9.83. The summed E-state index contributed by atoms with van der Waals surface area (Å²) in [6.07, 6.45) is 1.06. The normalized spacial score (nSPS) is 14.7. The molecule has 0 saturated carbocycles. The highest BCUT2D eigenvalue weighted by Crippen LogP contribution is 2.31. The lowest BCUT2D eigenvalue weighted by Gasteiger charge is -2.30. The molecule has 0 saturated heterocycles. The summed E-state index contributed by atoms with van der Waals surface area (Å²) in [7, 11) is 0. The van der Waals surface area contributed by atoms with Gasteiger partial charge < -0.3 is 4.90 Å². The van der Waals surface area contributed by atoms with Crippen LogP contribution >= 0.6 is 27.3 Å². The van der Waals surface area contributed by atoms with E-state index in [0.29, 0.717) is 5.33 Å². The highest BCUT2D eigenvalue weighted by Gasteiger charge is 2.20. The van der Waals surface area contributed by atoms with Crippen LogP contribution in [-0.2, 0) is 18.3 Å². The molecule has 1 aromatic heterocycles. The van der Waals surface area contributed by atoms with E-state index in [9.17, 15) is 4.39 Å². The maximum absolute atomic E-state index is 13.8. The predicted molar refractivity (Wildman–Crippen MR) is 78.1 cm³/mol. The van der Waals surface area contributed by atoms with Gasteiger partial charge in [-0.05, 0) is 35.6 Å². The average Bonchev–Trinajstić information content (AvgIpc) is 2.85. The molecule has 1 aromatic carbocycles. The minimum absolute atomic E-state index is 0.125. The van der Waals surface area contributed by atoms with Gasteiger partial charge in [-0.2, -0.15) is 0 Å². The van der Waals surface area contributed by atoms with E-state index in [0.717, 1.165) is 30.8 Å². The SMILES string of the molecule is Fc1cccc(N2CCc3sccc3C2)c1CBr. The average molecular weight is 326 g/mol. The van der Waals surface area contributed by atoms with Crippen molar-refractivity contribution in [2.24, 2.45) is 0 Å². The van der Waals surface area contributed by atoms with Gasteiger partial charge in [0.05, 0.1) is 0 Å². The summed E-state index contributed by atoms with van der Waals surface area (Å²) in [4.78, 5) is 3.75. The van der Waals surface area contributed by atoms with Crippen molar-refractivity contribution in [1.82, 2.24) is 0 Å². The molecule has 0 radical (unpaired) electrons. The molecule has 4 heteroatoms. The predicted octanol–water partition coefficient (Wildman–Crippen LogP) is 4.34. The minimum Gasteiger partial charge on any atom is -0.366 e. The van der Waals surface area contributed by atoms with Crippen molar-refractivity contribution in [3.63, 3.8) is 0 Å². The third kappa shape index (κ3) is 2.08. The molecule has 0 amide bonds. The Morgan fingerprint density at radius 1 is 1.33 bits per heavy atom. The smallest absolute Gasteiger partial charge is 0.129 e. The molecule has 2 aromatic rings. The number of nitrogens with zero attached hydrogens (tertiary/aromatic N) is 1. The van der Waals surface area contributed by atoms with Crippen molar-refractivity contribution in [2.75, 3.05) is 11.4 Å². The van der Waals surface area contributed by atoms with Gasteiger partial charge in [-0.15, -0.1) is 11.3 Å². The second-order valence-corrected chi connectivity index (χ2v) is 5.97. The molecule has 0 N–H and O–H groups in total. The van der Waals surface area contributed by atoms with Crippen molar-refractivity contribution in [1.29, 1.82) is 0 Å². The van der Waals surface area contributed by atoms with E-state index in [2.05, 4.69) is 32.3 Å². The molecule has 94 valence electrons. The second-order valence-electron chi connectivity index (χ2n) is 4.41. The van der Waals surface area contributed by atoms with Crippen LogP contribution in [0, 0.1) is 5.82 Å². The molecular weight excluding hydrogens is 313 g/mol. The highest BCUT2D eigenvalue weighted by atomic mass is 79.9. The van der Waals surface area contributed by atoms with E-state index in [1.165, 1.54) is 16.5 Å². The molecule has 0 atom stereocenters. The van der Waals surface area contributed by atoms with E-state index >= 15 is 0 Å². The van der Waals surface area contributed by atoms with Crippen LogP contribution in [0.25, 0.3) is 0 Å². The minimum atomic E-state index is -0.125. The molecule has 1 nitrogen and oxygen atoms in total. The number of hydrogen-bond donors (Lipinski definition) is 0. The van der Waals surface area contributed by atoms with Crippen molar-refractivity contribution >= 4 is 33.0 Å². The first-order valence-corrected chi connectivity index (χ1v) is 7.93. The van der Waals surface area contributed by atoms with Gasteiger partial charge in [0.25, 0.3) is 0 Å². The van der Waals surface area contributed by atoms with Crippen LogP contribution in [0.5, 0.6) is 0 Å². The Kier molecular flexibility index (Phi) is 3.39. The third-order valence-corrected chi connectivity index (χ3v) is 4.96. The Morgan fingerprint density at radius 3 is 3.06 bits per heavy atom. The zero-order chi connectivity index (χ0) is 12.5. The largest absolute Gasteiger partial charge is 0.366 e. The van der Waals surface area contributed by atoms with Crippen LogP contribution in [0.15, 0.2) is 29.6 Å². The lowest BCUT2D eigenvalue weighted by molar-refractivity contribution is 0.614. The third-order valence-electron chi connectivity index (χ3n) is 3.38. The fourth-order valence-corrected chi connectivity index (χ4v) is 3.87. The molecule has 2 heterocycles. The van der Waals surface area contributed by atoms with Gasteiger partial charge in [-0.1, -0.05) is 22.0 Å². The number of rotatable bonds is 2. The van der Waals surface area contributed by atoms with Gasteiger partial charge in [0.2, 0.25) is 0 Å². The second kappa shape index (κ2) is 5.02. The number of thiophene rings is 1. The standard InChI is InChI=1S/C14H13BrFNS/c15-8-11-12(16)2-1-3-13(11)17-6-4-14-10(9-17)5-7-18-14/h1-3,5,7H,4,6,8-9H2. The summed E-state index contributed by atoms with van der Waals surface area (Å²) in [5, 5.41) is 2.70. The molecule has 0 unspecified atom stereocenters. The van der Waals surface area contributed by atoms with Crippen LogP contribution in [0.4, 0.5) is 10.1 Å². The monoisotopic (exact) mass is 325 g/mol. The molecular formula is C14H13BrFNS. The summed E-state index contributed by atoms with van der Waals surface area (Å²) in [6.45, 7) is 1.86. The van der Waals surface area contributed by atoms with Crippen LogP contribution in [0.2, 0.25) is 0 Å². The molecule has 0 bridgehead atoms. The summed E-state index contributed by atoms with van der Waals surface area (Å²) in [5.41, 5.74) is 3.16. The molecule has 0 fully saturated rings. The first kappa shape index (κ1) is 12.2. The van der Waals surface area contributed by atoms with E-state index in [-0.39, 0.29) is 5.82 Å². The number of alkyl halides is 1. The number of anilines is 1. The molecule has 0 aliphatic carbocycles. The van der Waals surface area contributed by atoms with Gasteiger partial charge in [0.15, 0.2) is 0 Å². The van der Waals surface area contributed by atoms with Gasteiger partial charge in [-0.3, -0.25) is 0 Å². The highest BCUT2D eigenvalue weighted by molar-refractivity contribution is 9.08. The van der Waals surface area contributed by atoms with E-state index < -0.39 is 0 Å². The van der Waals surface area contributed by atoms with E-state index in [1.54, 1.807) is 6.07 Å². The molecule has 18 heavy (non-hydrogen) atoms. The Balaban J connectivity index is 1.95. The van der Waals surface area contributed by atoms with Crippen LogP contribution < -0.4 is 4.90 Å². The summed E-state index contributed by atoms with van der Waals surface area (Å²) >= 11 is 5.21. The Morgan fingerprint density at radius 2 is 2.22 bits per heavy atom.